The number of halogens is 1. The van der Waals surface area contributed by atoms with Crippen LogP contribution in [0.4, 0.5) is 10.1 Å². The number of nitro groups is 1. The van der Waals surface area contributed by atoms with E-state index in [0.717, 1.165) is 30.0 Å². The molecule has 0 amide bonds. The molecule has 0 heterocycles. The molecular formula is C15H16FN5O6S. The van der Waals surface area contributed by atoms with Crippen molar-refractivity contribution in [1.29, 1.82) is 5.41 Å². The average molecular weight is 413 g/mol. The van der Waals surface area contributed by atoms with Crippen LogP contribution in [-0.2, 0) is 10.1 Å². The highest BCUT2D eigenvalue weighted by molar-refractivity contribution is 7.85. The van der Waals surface area contributed by atoms with Crippen molar-refractivity contribution in [1.82, 2.24) is 5.17 Å². The number of non-ortho nitro benzene ring substituents is 1. The lowest BCUT2D eigenvalue weighted by atomic mass is 10.2. The van der Waals surface area contributed by atoms with E-state index in [4.69, 9.17) is 20.9 Å². The smallest absolute Gasteiger partial charge is 0.294 e. The normalized spacial score (nSPS) is 10.9. The monoisotopic (exact) mass is 413 g/mol. The van der Waals surface area contributed by atoms with E-state index in [0.29, 0.717) is 0 Å². The quantitative estimate of drug-likeness (QED) is 0.192. The van der Waals surface area contributed by atoms with Crippen LogP contribution in [0.2, 0.25) is 0 Å². The summed E-state index contributed by atoms with van der Waals surface area (Å²) in [6.07, 6.45) is 0.809. The van der Waals surface area contributed by atoms with Gasteiger partial charge < -0.3 is 5.73 Å². The first-order chi connectivity index (χ1) is 12.9. The molecule has 0 aliphatic carbocycles. The highest BCUT2D eigenvalue weighted by atomic mass is 32.2. The Morgan fingerprint density at radius 1 is 1.32 bits per heavy atom. The van der Waals surface area contributed by atoms with Crippen LogP contribution in [0.1, 0.15) is 11.1 Å². The van der Waals surface area contributed by atoms with Crippen LogP contribution in [0.3, 0.4) is 0 Å². The van der Waals surface area contributed by atoms with Gasteiger partial charge in [0.05, 0.1) is 16.0 Å². The van der Waals surface area contributed by atoms with Gasteiger partial charge in [-0.25, -0.2) is 4.39 Å². The first-order valence-corrected chi connectivity index (χ1v) is 8.71. The fraction of sp³-hybridized carbons (Fsp3) is 0.0667. The second-order valence-electron chi connectivity index (χ2n) is 5.17. The zero-order valence-electron chi connectivity index (χ0n) is 14.4. The number of aryl methyl sites for hydroxylation is 1. The number of nitrogens with one attached hydrogen (secondary N) is 1. The molecule has 0 saturated carbocycles. The number of guanidine groups is 1. The largest absolute Gasteiger partial charge is 0.367 e. The van der Waals surface area contributed by atoms with E-state index in [2.05, 4.69) is 5.10 Å². The highest BCUT2D eigenvalue weighted by Crippen LogP contribution is 2.15. The second kappa shape index (κ2) is 9.50. The van der Waals surface area contributed by atoms with E-state index in [-0.39, 0.29) is 21.3 Å². The lowest BCUT2D eigenvalue weighted by Gasteiger charge is -2.05. The van der Waals surface area contributed by atoms with Gasteiger partial charge in [-0.2, -0.15) is 13.5 Å². The van der Waals surface area contributed by atoms with Crippen molar-refractivity contribution in [3.8, 4) is 0 Å². The number of hydrogen-bond donors (Lipinski definition) is 4. The third kappa shape index (κ3) is 7.06. The molecule has 0 aromatic heterocycles. The predicted molar refractivity (Wildman–Crippen MR) is 97.2 cm³/mol. The van der Waals surface area contributed by atoms with E-state index < -0.39 is 26.8 Å². The van der Waals surface area contributed by atoms with Crippen molar-refractivity contribution in [3.05, 3.63) is 69.5 Å². The Bertz CT molecular complexity index is 994. The summed E-state index contributed by atoms with van der Waals surface area (Å²) in [5.41, 5.74) is 5.29. The molecule has 0 aliphatic heterocycles. The van der Waals surface area contributed by atoms with Gasteiger partial charge in [0.1, 0.15) is 5.82 Å². The molecule has 5 N–H and O–H groups in total. The average Bonchev–Trinajstić information content (AvgIpc) is 2.60. The Hall–Kier alpha value is -3.42. The lowest BCUT2D eigenvalue weighted by Crippen LogP contribution is -2.28. The number of nitro benzene ring substituents is 1. The van der Waals surface area contributed by atoms with Gasteiger partial charge in [-0.3, -0.25) is 25.3 Å². The molecule has 0 spiro atoms. The summed E-state index contributed by atoms with van der Waals surface area (Å²) < 4.78 is 42.7. The van der Waals surface area contributed by atoms with Crippen molar-refractivity contribution in [2.24, 2.45) is 10.8 Å². The fourth-order valence-electron chi connectivity index (χ4n) is 1.63. The maximum absolute atomic E-state index is 13.2. The Labute approximate surface area is 158 Å². The summed E-state index contributed by atoms with van der Waals surface area (Å²) in [5.74, 6) is -1.52. The van der Waals surface area contributed by atoms with Crippen molar-refractivity contribution < 1.29 is 27.5 Å². The topological polar surface area (TPSA) is 183 Å². The van der Waals surface area contributed by atoms with Crippen LogP contribution in [-0.4, -0.2) is 40.4 Å². The Balaban J connectivity index is 0.000000307. The van der Waals surface area contributed by atoms with Crippen molar-refractivity contribution in [3.63, 3.8) is 0 Å². The van der Waals surface area contributed by atoms with E-state index in [1.165, 1.54) is 12.1 Å². The number of nitrogens with two attached hydrogens (primary N) is 1. The summed E-state index contributed by atoms with van der Waals surface area (Å²) in [6, 6.07) is 8.82. The fourth-order valence-corrected chi connectivity index (χ4v) is 2.11. The molecule has 0 bridgehead atoms. The molecule has 0 aliphatic rings. The molecule has 0 unspecified atom stereocenters. The predicted octanol–water partition coefficient (Wildman–Crippen LogP) is 1.89. The zero-order valence-corrected chi connectivity index (χ0v) is 15.2. The molecule has 0 fully saturated rings. The summed E-state index contributed by atoms with van der Waals surface area (Å²) >= 11 is 0. The summed E-state index contributed by atoms with van der Waals surface area (Å²) in [7, 11) is -4.02. The van der Waals surface area contributed by atoms with Gasteiger partial charge in [-0.05, 0) is 25.1 Å². The zero-order chi connectivity index (χ0) is 21.5. The van der Waals surface area contributed by atoms with Crippen LogP contribution in [0.5, 0.6) is 0 Å². The lowest BCUT2D eigenvalue weighted by molar-refractivity contribution is -0.384. The number of nitrogens with zero attached hydrogens (tertiary/aromatic N) is 3. The van der Waals surface area contributed by atoms with E-state index >= 15 is 0 Å². The van der Waals surface area contributed by atoms with E-state index in [1.807, 2.05) is 6.92 Å². The Kier molecular flexibility index (Phi) is 7.67. The van der Waals surface area contributed by atoms with Crippen molar-refractivity contribution in [2.75, 3.05) is 0 Å². The molecular weight excluding hydrogens is 397 g/mol. The maximum Gasteiger partial charge on any atom is 0.294 e. The van der Waals surface area contributed by atoms with Crippen LogP contribution < -0.4 is 5.73 Å². The molecule has 0 saturated heterocycles. The Morgan fingerprint density at radius 3 is 2.36 bits per heavy atom. The van der Waals surface area contributed by atoms with Crippen LogP contribution in [0.15, 0.2) is 52.5 Å². The number of benzene rings is 2. The van der Waals surface area contributed by atoms with Gasteiger partial charge in [0.25, 0.3) is 15.8 Å². The van der Waals surface area contributed by atoms with Gasteiger partial charge in [0.15, 0.2) is 0 Å². The first kappa shape index (κ1) is 22.6. The molecule has 150 valence electrons. The van der Waals surface area contributed by atoms with Gasteiger partial charge in [-0.1, -0.05) is 17.7 Å². The van der Waals surface area contributed by atoms with Crippen LogP contribution in [0.25, 0.3) is 0 Å². The van der Waals surface area contributed by atoms with Crippen molar-refractivity contribution >= 4 is 28.0 Å². The summed E-state index contributed by atoms with van der Waals surface area (Å²) in [5, 5.41) is 29.3. The molecule has 0 radical (unpaired) electrons. The minimum absolute atomic E-state index is 0.00171. The standard InChI is InChI=1S/C8H8FN5O3.C7H8O3S/c9-7-2-1-6(14(16)17)3-5(7)4-12-13(15)8(10)11;1-6-2-4-7(5-3-6)11(8,9)10/h1-4,15H,(H3,10,11);2-5H,1H3,(H,8,9,10)/b12-4+;. The minimum atomic E-state index is -4.02. The van der Waals surface area contributed by atoms with Crippen molar-refractivity contribution in [2.45, 2.75) is 11.8 Å². The molecule has 11 nitrogen and oxygen atoms in total. The minimum Gasteiger partial charge on any atom is -0.367 e. The summed E-state index contributed by atoms with van der Waals surface area (Å²) in [4.78, 5) is 9.67. The number of hydrazone groups is 1. The van der Waals surface area contributed by atoms with Gasteiger partial charge in [0, 0.05) is 17.7 Å². The molecule has 2 rings (SSSR count). The molecule has 2 aromatic rings. The third-order valence-corrected chi connectivity index (χ3v) is 3.90. The molecule has 28 heavy (non-hydrogen) atoms. The van der Waals surface area contributed by atoms with Gasteiger partial charge in [0.2, 0.25) is 5.96 Å². The molecule has 0 atom stereocenters. The number of hydrogen-bond acceptors (Lipinski definition) is 7. The molecule has 2 aromatic carbocycles. The van der Waals surface area contributed by atoms with Gasteiger partial charge in [-0.15, -0.1) is 5.17 Å². The molecule has 13 heteroatoms. The number of rotatable bonds is 4. The number of hydroxylamine groups is 1. The first-order valence-electron chi connectivity index (χ1n) is 7.27. The van der Waals surface area contributed by atoms with E-state index in [1.54, 1.807) is 12.1 Å². The Morgan fingerprint density at radius 2 is 1.89 bits per heavy atom. The van der Waals surface area contributed by atoms with Gasteiger partial charge >= 0.3 is 0 Å². The van der Waals surface area contributed by atoms with Crippen LogP contribution >= 0.6 is 0 Å². The third-order valence-electron chi connectivity index (χ3n) is 3.03. The maximum atomic E-state index is 13.2. The summed E-state index contributed by atoms with van der Waals surface area (Å²) in [6.45, 7) is 1.84. The SMILES string of the molecule is Cc1ccc(S(=O)(=O)O)cc1.N=C(N)N(O)/N=C/c1cc([N+](=O)[O-])ccc1F. The highest BCUT2D eigenvalue weighted by Gasteiger charge is 2.10. The van der Waals surface area contributed by atoms with Crippen LogP contribution in [0, 0.1) is 28.3 Å². The van der Waals surface area contributed by atoms with E-state index in [9.17, 15) is 22.9 Å². The second-order valence-corrected chi connectivity index (χ2v) is 6.59.